The van der Waals surface area contributed by atoms with Crippen LogP contribution in [0.5, 0.6) is 0 Å². The molecule has 9 heteroatoms. The van der Waals surface area contributed by atoms with Crippen LogP contribution in [0.2, 0.25) is 0 Å². The maximum absolute atomic E-state index is 12.9. The van der Waals surface area contributed by atoms with Crippen LogP contribution in [0.4, 0.5) is 26.3 Å². The van der Waals surface area contributed by atoms with Crippen molar-refractivity contribution in [3.8, 4) is 0 Å². The largest absolute Gasteiger partial charge is 0.416 e. The van der Waals surface area contributed by atoms with Crippen LogP contribution in [0, 0.1) is 0 Å². The monoisotopic (exact) mass is 354 g/mol. The predicted molar refractivity (Wildman–Crippen MR) is 74.4 cm³/mol. The van der Waals surface area contributed by atoms with Gasteiger partial charge in [0.25, 0.3) is 5.91 Å². The topological polar surface area (TPSA) is 32.3 Å². The third-order valence-electron chi connectivity index (χ3n) is 4.13. The van der Waals surface area contributed by atoms with Crippen molar-refractivity contribution in [3.05, 3.63) is 34.9 Å². The molecule has 1 heterocycles. The first kappa shape index (κ1) is 18.6. The van der Waals surface area contributed by atoms with E-state index >= 15 is 0 Å². The van der Waals surface area contributed by atoms with Gasteiger partial charge in [0.05, 0.1) is 11.1 Å². The summed E-state index contributed by atoms with van der Waals surface area (Å²) in [6, 6.07) is 0.486. The number of nitrogens with zero attached hydrogens (tertiary/aromatic N) is 1. The molecule has 0 aromatic heterocycles. The highest BCUT2D eigenvalue weighted by atomic mass is 19.4. The summed E-state index contributed by atoms with van der Waals surface area (Å²) in [4.78, 5) is 13.8. The zero-order valence-electron chi connectivity index (χ0n) is 12.9. The SMILES string of the molecule is CC1NCCN(C(=O)c2cc(C(F)(F)F)cc(C(F)(F)F)c2)C1C. The van der Waals surface area contributed by atoms with Gasteiger partial charge in [0.2, 0.25) is 0 Å². The van der Waals surface area contributed by atoms with Crippen LogP contribution < -0.4 is 5.32 Å². The van der Waals surface area contributed by atoms with E-state index in [0.717, 1.165) is 0 Å². The lowest BCUT2D eigenvalue weighted by molar-refractivity contribution is -0.143. The first-order chi connectivity index (χ1) is 10.9. The van der Waals surface area contributed by atoms with Crippen molar-refractivity contribution in [3.63, 3.8) is 0 Å². The third kappa shape index (κ3) is 3.82. The van der Waals surface area contributed by atoms with Crippen LogP contribution >= 0.6 is 0 Å². The van der Waals surface area contributed by atoms with E-state index in [1.807, 2.05) is 0 Å². The molecule has 1 N–H and O–H groups in total. The number of benzene rings is 1. The Morgan fingerprint density at radius 3 is 2.00 bits per heavy atom. The van der Waals surface area contributed by atoms with Gasteiger partial charge in [-0.25, -0.2) is 0 Å². The van der Waals surface area contributed by atoms with Crippen LogP contribution in [0.25, 0.3) is 0 Å². The lowest BCUT2D eigenvalue weighted by atomic mass is 10.0. The minimum atomic E-state index is -4.97. The summed E-state index contributed by atoms with van der Waals surface area (Å²) in [6.45, 7) is 4.11. The minimum absolute atomic E-state index is 0.0145. The zero-order chi connectivity index (χ0) is 18.3. The van der Waals surface area contributed by atoms with Crippen molar-refractivity contribution >= 4 is 5.91 Å². The molecule has 1 aliphatic heterocycles. The van der Waals surface area contributed by atoms with E-state index in [0.29, 0.717) is 18.7 Å². The van der Waals surface area contributed by atoms with Gasteiger partial charge < -0.3 is 10.2 Å². The normalized spacial score (nSPS) is 22.6. The van der Waals surface area contributed by atoms with Crippen molar-refractivity contribution < 1.29 is 31.1 Å². The first-order valence-electron chi connectivity index (χ1n) is 7.25. The average molecular weight is 354 g/mol. The summed E-state index contributed by atoms with van der Waals surface area (Å²) in [5.74, 6) is -0.840. The summed E-state index contributed by atoms with van der Waals surface area (Å²) in [5, 5.41) is 3.09. The molecule has 1 aromatic rings. The number of hydrogen-bond donors (Lipinski definition) is 1. The molecule has 0 radical (unpaired) electrons. The molecule has 2 unspecified atom stereocenters. The summed E-state index contributed by atoms with van der Waals surface area (Å²) < 4.78 is 77.3. The highest BCUT2D eigenvalue weighted by molar-refractivity contribution is 5.95. The second kappa shape index (κ2) is 6.27. The molecule has 1 amide bonds. The van der Waals surface area contributed by atoms with Gasteiger partial charge in [0.15, 0.2) is 0 Å². The van der Waals surface area contributed by atoms with Gasteiger partial charge in [-0.3, -0.25) is 4.79 Å². The molecule has 3 nitrogen and oxygen atoms in total. The molecule has 1 fully saturated rings. The molecule has 0 aliphatic carbocycles. The number of hydrogen-bond acceptors (Lipinski definition) is 2. The van der Waals surface area contributed by atoms with E-state index in [2.05, 4.69) is 5.32 Å². The van der Waals surface area contributed by atoms with Gasteiger partial charge in [0.1, 0.15) is 0 Å². The molecule has 1 aromatic carbocycles. The minimum Gasteiger partial charge on any atom is -0.333 e. The zero-order valence-corrected chi connectivity index (χ0v) is 12.9. The van der Waals surface area contributed by atoms with Crippen LogP contribution in [-0.2, 0) is 12.4 Å². The number of nitrogens with one attached hydrogen (secondary N) is 1. The second-order valence-electron chi connectivity index (χ2n) is 5.78. The van der Waals surface area contributed by atoms with Gasteiger partial charge in [0, 0.05) is 30.7 Å². The fourth-order valence-electron chi connectivity index (χ4n) is 2.59. The van der Waals surface area contributed by atoms with Crippen molar-refractivity contribution in [1.29, 1.82) is 0 Å². The Morgan fingerprint density at radius 1 is 1.04 bits per heavy atom. The molecular formula is C15H16F6N2O. The Morgan fingerprint density at radius 2 is 1.54 bits per heavy atom. The van der Waals surface area contributed by atoms with E-state index < -0.39 is 35.0 Å². The molecule has 2 atom stereocenters. The van der Waals surface area contributed by atoms with Crippen LogP contribution in [0.15, 0.2) is 18.2 Å². The molecule has 134 valence electrons. The van der Waals surface area contributed by atoms with Crippen molar-refractivity contribution in [2.24, 2.45) is 0 Å². The highest BCUT2D eigenvalue weighted by Gasteiger charge is 2.38. The van der Waals surface area contributed by atoms with Gasteiger partial charge in [-0.1, -0.05) is 0 Å². The number of amides is 1. The number of halogens is 6. The van der Waals surface area contributed by atoms with Crippen molar-refractivity contribution in [1.82, 2.24) is 10.2 Å². The molecule has 24 heavy (non-hydrogen) atoms. The Bertz CT molecular complexity index is 593. The van der Waals surface area contributed by atoms with E-state index in [1.165, 1.54) is 4.90 Å². The Hall–Kier alpha value is -1.77. The summed E-state index contributed by atoms with van der Waals surface area (Å²) in [6.07, 6.45) is -9.95. The molecule has 1 saturated heterocycles. The second-order valence-corrected chi connectivity index (χ2v) is 5.78. The smallest absolute Gasteiger partial charge is 0.333 e. The summed E-state index contributed by atoms with van der Waals surface area (Å²) >= 11 is 0. The number of carbonyl (C=O) groups is 1. The van der Waals surface area contributed by atoms with Crippen molar-refractivity contribution in [2.45, 2.75) is 38.3 Å². The van der Waals surface area contributed by atoms with Crippen LogP contribution in [0.3, 0.4) is 0 Å². The van der Waals surface area contributed by atoms with Gasteiger partial charge >= 0.3 is 12.4 Å². The van der Waals surface area contributed by atoms with E-state index in [-0.39, 0.29) is 24.7 Å². The third-order valence-corrected chi connectivity index (χ3v) is 4.13. The molecule has 2 rings (SSSR count). The van der Waals surface area contributed by atoms with Gasteiger partial charge in [-0.05, 0) is 32.0 Å². The van der Waals surface area contributed by atoms with E-state index in [1.54, 1.807) is 13.8 Å². The maximum atomic E-state index is 12.9. The molecule has 0 bridgehead atoms. The standard InChI is InChI=1S/C15H16F6N2O/c1-8-9(2)23(4-3-22-8)13(24)10-5-11(14(16,17)18)7-12(6-10)15(19,20)21/h5-9,22H,3-4H2,1-2H3. The van der Waals surface area contributed by atoms with Gasteiger partial charge in [-0.2, -0.15) is 26.3 Å². The number of piperazine rings is 1. The van der Waals surface area contributed by atoms with E-state index in [4.69, 9.17) is 0 Å². The van der Waals surface area contributed by atoms with Crippen LogP contribution in [0.1, 0.15) is 35.3 Å². The Labute approximate surface area is 134 Å². The Balaban J connectivity index is 2.47. The van der Waals surface area contributed by atoms with Gasteiger partial charge in [-0.15, -0.1) is 0 Å². The maximum Gasteiger partial charge on any atom is 0.416 e. The highest BCUT2D eigenvalue weighted by Crippen LogP contribution is 2.36. The van der Waals surface area contributed by atoms with Crippen LogP contribution in [-0.4, -0.2) is 36.0 Å². The number of carbonyl (C=O) groups excluding carboxylic acids is 1. The lowest BCUT2D eigenvalue weighted by Crippen LogP contribution is -2.57. The fourth-order valence-corrected chi connectivity index (χ4v) is 2.59. The predicted octanol–water partition coefficient (Wildman–Crippen LogP) is 3.55. The number of alkyl halides is 6. The Kier molecular flexibility index (Phi) is 4.85. The molecule has 1 aliphatic rings. The summed E-state index contributed by atoms with van der Waals surface area (Å²) in [7, 11) is 0. The van der Waals surface area contributed by atoms with Crippen molar-refractivity contribution in [2.75, 3.05) is 13.1 Å². The summed E-state index contributed by atoms with van der Waals surface area (Å²) in [5.41, 5.74) is -3.59. The quantitative estimate of drug-likeness (QED) is 0.783. The van der Waals surface area contributed by atoms with E-state index in [9.17, 15) is 31.1 Å². The molecule has 0 saturated carbocycles. The molecule has 0 spiro atoms. The first-order valence-corrected chi connectivity index (χ1v) is 7.25. The number of rotatable bonds is 1. The average Bonchev–Trinajstić information content (AvgIpc) is 2.47. The molecular weight excluding hydrogens is 338 g/mol. The lowest BCUT2D eigenvalue weighted by Gasteiger charge is -2.38. The fraction of sp³-hybridized carbons (Fsp3) is 0.533.